The molecule has 8 nitrogen and oxygen atoms in total. The van der Waals surface area contributed by atoms with Gasteiger partial charge in [-0.15, -0.1) is 10.2 Å². The van der Waals surface area contributed by atoms with Crippen LogP contribution in [0.5, 0.6) is 0 Å². The van der Waals surface area contributed by atoms with Crippen molar-refractivity contribution < 1.29 is 14.0 Å². The molecule has 2 heterocycles. The van der Waals surface area contributed by atoms with E-state index in [0.717, 1.165) is 11.8 Å². The second-order valence-electron chi connectivity index (χ2n) is 8.55. The minimum atomic E-state index is -0.407. The van der Waals surface area contributed by atoms with E-state index in [1.807, 2.05) is 6.92 Å². The van der Waals surface area contributed by atoms with Crippen molar-refractivity contribution >= 4 is 23.6 Å². The van der Waals surface area contributed by atoms with Crippen molar-refractivity contribution in [2.45, 2.75) is 68.9 Å². The Morgan fingerprint density at radius 3 is 2.80 bits per heavy atom. The first-order chi connectivity index (χ1) is 14.4. The molecule has 3 N–H and O–H groups in total. The van der Waals surface area contributed by atoms with Crippen LogP contribution in [0.25, 0.3) is 11.6 Å². The average Bonchev–Trinajstić information content (AvgIpc) is 3.49. The number of hydrogen-bond donors (Lipinski definition) is 2. The highest BCUT2D eigenvalue weighted by atomic mass is 32.2. The maximum atomic E-state index is 12.9. The fourth-order valence-corrected chi connectivity index (χ4v) is 5.84. The number of rotatable bonds is 9. The standard InChI is InChI=1S/C21H29N5O3S/c1-12(16-11-14-5-6-15(16)10-14)23-20(28)13(2)30-21-25-24-19(17-4-3-9-29-17)26(21)8-7-18(22)27/h3-4,9,12-16H,5-8,10-11H2,1-2H3,(H2,22,27)(H,23,28). The van der Waals surface area contributed by atoms with Gasteiger partial charge in [0.15, 0.2) is 16.7 Å². The Bertz CT molecular complexity index is 897. The first-order valence-electron chi connectivity index (χ1n) is 10.6. The van der Waals surface area contributed by atoms with Crippen LogP contribution in [0.4, 0.5) is 0 Å². The lowest BCUT2D eigenvalue weighted by atomic mass is 9.84. The Labute approximate surface area is 180 Å². The van der Waals surface area contributed by atoms with Gasteiger partial charge in [0.1, 0.15) is 0 Å². The Morgan fingerprint density at radius 1 is 1.33 bits per heavy atom. The Morgan fingerprint density at radius 2 is 2.17 bits per heavy atom. The summed E-state index contributed by atoms with van der Waals surface area (Å²) in [5, 5.41) is 11.9. The first-order valence-corrected chi connectivity index (χ1v) is 11.5. The highest BCUT2D eigenvalue weighted by molar-refractivity contribution is 8.00. The zero-order valence-electron chi connectivity index (χ0n) is 17.4. The van der Waals surface area contributed by atoms with Gasteiger partial charge in [-0.25, -0.2) is 0 Å². The Kier molecular flexibility index (Phi) is 6.17. The quantitative estimate of drug-likeness (QED) is 0.590. The van der Waals surface area contributed by atoms with Crippen LogP contribution in [0.15, 0.2) is 28.0 Å². The number of nitrogens with zero attached hydrogens (tertiary/aromatic N) is 3. The van der Waals surface area contributed by atoms with Crippen LogP contribution in [-0.4, -0.2) is 37.9 Å². The van der Waals surface area contributed by atoms with Crippen molar-refractivity contribution in [3.05, 3.63) is 18.4 Å². The minimum Gasteiger partial charge on any atom is -0.461 e. The number of furan rings is 1. The summed E-state index contributed by atoms with van der Waals surface area (Å²) < 4.78 is 7.23. The SMILES string of the molecule is CC(Sc1nnc(-c2ccco2)n1CCC(N)=O)C(=O)NC(C)C1CC2CCC1C2. The largest absolute Gasteiger partial charge is 0.461 e. The predicted octanol–water partition coefficient (Wildman–Crippen LogP) is 2.83. The molecule has 5 atom stereocenters. The minimum absolute atomic E-state index is 0.000673. The molecule has 30 heavy (non-hydrogen) atoms. The van der Waals surface area contributed by atoms with E-state index in [9.17, 15) is 9.59 Å². The number of aromatic nitrogens is 3. The normalized spacial score (nSPS) is 24.7. The molecule has 0 radical (unpaired) electrons. The van der Waals surface area contributed by atoms with Gasteiger partial charge >= 0.3 is 0 Å². The summed E-state index contributed by atoms with van der Waals surface area (Å²) >= 11 is 1.33. The van der Waals surface area contributed by atoms with E-state index in [1.165, 1.54) is 37.4 Å². The topological polar surface area (TPSA) is 116 Å². The maximum Gasteiger partial charge on any atom is 0.233 e. The van der Waals surface area contributed by atoms with Crippen LogP contribution >= 0.6 is 11.8 Å². The third-order valence-electron chi connectivity index (χ3n) is 6.50. The number of nitrogens with one attached hydrogen (secondary N) is 1. The number of amides is 2. The summed E-state index contributed by atoms with van der Waals surface area (Å²) in [4.78, 5) is 24.2. The van der Waals surface area contributed by atoms with Gasteiger partial charge in [0, 0.05) is 19.0 Å². The van der Waals surface area contributed by atoms with Crippen LogP contribution in [0.1, 0.15) is 46.0 Å². The summed E-state index contributed by atoms with van der Waals surface area (Å²) in [6.07, 6.45) is 6.93. The number of fused-ring (bicyclic) bond motifs is 2. The van der Waals surface area contributed by atoms with E-state index < -0.39 is 5.91 Å². The molecule has 0 aliphatic heterocycles. The Balaban J connectivity index is 1.42. The molecular formula is C21H29N5O3S. The van der Waals surface area contributed by atoms with Crippen molar-refractivity contribution in [2.75, 3.05) is 0 Å². The zero-order valence-corrected chi connectivity index (χ0v) is 18.2. The van der Waals surface area contributed by atoms with Gasteiger partial charge in [-0.3, -0.25) is 14.2 Å². The average molecular weight is 432 g/mol. The van der Waals surface area contributed by atoms with Crippen molar-refractivity contribution in [1.29, 1.82) is 0 Å². The number of primary amides is 1. The zero-order chi connectivity index (χ0) is 21.3. The molecule has 2 saturated carbocycles. The number of nitrogens with two attached hydrogens (primary N) is 1. The van der Waals surface area contributed by atoms with Crippen molar-refractivity contribution in [3.63, 3.8) is 0 Å². The molecule has 2 aromatic heterocycles. The molecule has 2 amide bonds. The van der Waals surface area contributed by atoms with E-state index in [-0.39, 0.29) is 23.6 Å². The highest BCUT2D eigenvalue weighted by Gasteiger charge is 2.42. The lowest BCUT2D eigenvalue weighted by Gasteiger charge is -2.29. The van der Waals surface area contributed by atoms with Crippen LogP contribution in [0.2, 0.25) is 0 Å². The highest BCUT2D eigenvalue weighted by Crippen LogP contribution is 2.49. The summed E-state index contributed by atoms with van der Waals surface area (Å²) in [6.45, 7) is 4.33. The van der Waals surface area contributed by atoms with Crippen molar-refractivity contribution in [1.82, 2.24) is 20.1 Å². The van der Waals surface area contributed by atoms with Gasteiger partial charge in [0.05, 0.1) is 11.5 Å². The predicted molar refractivity (Wildman–Crippen MR) is 113 cm³/mol. The molecule has 0 aromatic carbocycles. The van der Waals surface area contributed by atoms with E-state index in [1.54, 1.807) is 23.0 Å². The van der Waals surface area contributed by atoms with Crippen LogP contribution in [-0.2, 0) is 16.1 Å². The molecule has 5 unspecified atom stereocenters. The number of hydrogen-bond acceptors (Lipinski definition) is 6. The number of carbonyl (C=O) groups is 2. The summed E-state index contributed by atoms with van der Waals surface area (Å²) in [6, 6.07) is 3.73. The maximum absolute atomic E-state index is 12.9. The van der Waals surface area contributed by atoms with Crippen LogP contribution < -0.4 is 11.1 Å². The molecule has 2 aliphatic carbocycles. The lowest BCUT2D eigenvalue weighted by molar-refractivity contribution is -0.121. The summed E-state index contributed by atoms with van der Waals surface area (Å²) in [5.74, 6) is 2.88. The molecule has 0 spiro atoms. The summed E-state index contributed by atoms with van der Waals surface area (Å²) in [5.41, 5.74) is 5.33. The van der Waals surface area contributed by atoms with E-state index in [4.69, 9.17) is 10.2 Å². The second kappa shape index (κ2) is 8.83. The molecule has 162 valence electrons. The van der Waals surface area contributed by atoms with Gasteiger partial charge in [-0.1, -0.05) is 18.2 Å². The third kappa shape index (κ3) is 4.40. The van der Waals surface area contributed by atoms with E-state index in [2.05, 4.69) is 22.4 Å². The molecule has 2 bridgehead atoms. The smallest absolute Gasteiger partial charge is 0.233 e. The van der Waals surface area contributed by atoms with Crippen LogP contribution in [0, 0.1) is 17.8 Å². The van der Waals surface area contributed by atoms with Gasteiger partial charge in [0.25, 0.3) is 0 Å². The molecule has 9 heteroatoms. The third-order valence-corrected chi connectivity index (χ3v) is 7.58. The van der Waals surface area contributed by atoms with Crippen molar-refractivity contribution in [3.8, 4) is 11.6 Å². The molecular weight excluding hydrogens is 402 g/mol. The van der Waals surface area contributed by atoms with E-state index in [0.29, 0.717) is 29.2 Å². The Hall–Kier alpha value is -2.29. The molecule has 4 rings (SSSR count). The number of carbonyl (C=O) groups excluding carboxylic acids is 2. The van der Waals surface area contributed by atoms with Gasteiger partial charge < -0.3 is 15.5 Å². The van der Waals surface area contributed by atoms with Gasteiger partial charge in [-0.05, 0) is 63.0 Å². The molecule has 2 aliphatic rings. The second-order valence-corrected chi connectivity index (χ2v) is 9.86. The molecule has 0 saturated heterocycles. The van der Waals surface area contributed by atoms with E-state index >= 15 is 0 Å². The van der Waals surface area contributed by atoms with Crippen molar-refractivity contribution in [2.24, 2.45) is 23.5 Å². The lowest BCUT2D eigenvalue weighted by Crippen LogP contribution is -2.43. The fourth-order valence-electron chi connectivity index (χ4n) is 4.95. The van der Waals surface area contributed by atoms with Gasteiger partial charge in [0.2, 0.25) is 11.8 Å². The monoisotopic (exact) mass is 431 g/mol. The first kappa shape index (κ1) is 21.0. The van der Waals surface area contributed by atoms with Gasteiger partial charge in [-0.2, -0.15) is 0 Å². The molecule has 2 fully saturated rings. The molecule has 2 aromatic rings. The van der Waals surface area contributed by atoms with Crippen LogP contribution in [0.3, 0.4) is 0 Å². The number of thioether (sulfide) groups is 1. The fraction of sp³-hybridized carbons (Fsp3) is 0.619. The summed E-state index contributed by atoms with van der Waals surface area (Å²) in [7, 11) is 0.